The predicted octanol–water partition coefficient (Wildman–Crippen LogP) is 3.67. The van der Waals surface area contributed by atoms with E-state index in [2.05, 4.69) is 5.32 Å². The summed E-state index contributed by atoms with van der Waals surface area (Å²) in [6, 6.07) is 14.6. The zero-order chi connectivity index (χ0) is 24.2. The largest absolute Gasteiger partial charge is 0.452 e. The van der Waals surface area contributed by atoms with Gasteiger partial charge in [0.25, 0.3) is 11.6 Å². The Kier molecular flexibility index (Phi) is 9.62. The molecule has 0 bridgehead atoms. The van der Waals surface area contributed by atoms with Crippen LogP contribution in [-0.2, 0) is 16.1 Å². The second-order valence-corrected chi connectivity index (χ2v) is 7.11. The SMILES string of the molecule is N#CCCN(CCC#N)C(=O)COC(=O)c1cc([N+](=O)[O-])ccc1NCc1ccccc1Cl. The van der Waals surface area contributed by atoms with Crippen molar-refractivity contribution in [3.63, 3.8) is 0 Å². The number of ether oxygens (including phenoxy) is 1. The highest BCUT2D eigenvalue weighted by Crippen LogP contribution is 2.25. The molecule has 0 aromatic heterocycles. The Morgan fingerprint density at radius 1 is 1.12 bits per heavy atom. The lowest BCUT2D eigenvalue weighted by Crippen LogP contribution is -2.36. The number of nitro groups is 1. The van der Waals surface area contributed by atoms with E-state index in [-0.39, 0.29) is 49.4 Å². The van der Waals surface area contributed by atoms with Gasteiger partial charge in [0, 0.05) is 42.5 Å². The first kappa shape index (κ1) is 25.1. The van der Waals surface area contributed by atoms with Crippen LogP contribution in [0.4, 0.5) is 11.4 Å². The monoisotopic (exact) mass is 469 g/mol. The fraction of sp³-hybridized carbons (Fsp3) is 0.273. The Labute approximate surface area is 195 Å². The minimum atomic E-state index is -0.936. The number of nitriles is 2. The molecule has 0 saturated heterocycles. The number of halogens is 1. The molecule has 33 heavy (non-hydrogen) atoms. The van der Waals surface area contributed by atoms with Crippen LogP contribution >= 0.6 is 11.6 Å². The number of nitrogens with zero attached hydrogens (tertiary/aromatic N) is 4. The van der Waals surface area contributed by atoms with E-state index >= 15 is 0 Å². The number of rotatable bonds is 11. The fourth-order valence-electron chi connectivity index (χ4n) is 2.83. The van der Waals surface area contributed by atoms with E-state index < -0.39 is 23.4 Å². The number of hydrogen-bond acceptors (Lipinski definition) is 8. The normalized spacial score (nSPS) is 9.91. The smallest absolute Gasteiger partial charge is 0.341 e. The molecule has 0 unspecified atom stereocenters. The summed E-state index contributed by atoms with van der Waals surface area (Å²) < 4.78 is 5.10. The van der Waals surface area contributed by atoms with Crippen molar-refractivity contribution >= 4 is 34.9 Å². The number of nitrogens with one attached hydrogen (secondary N) is 1. The lowest BCUT2D eigenvalue weighted by molar-refractivity contribution is -0.384. The quantitative estimate of drug-likeness (QED) is 0.297. The zero-order valence-corrected chi connectivity index (χ0v) is 18.2. The molecule has 0 aliphatic heterocycles. The molecule has 2 aromatic carbocycles. The highest BCUT2D eigenvalue weighted by molar-refractivity contribution is 6.31. The van der Waals surface area contributed by atoms with Crippen LogP contribution in [0.3, 0.4) is 0 Å². The molecule has 0 fully saturated rings. The highest BCUT2D eigenvalue weighted by atomic mass is 35.5. The number of amides is 1. The minimum absolute atomic E-state index is 0.0616. The van der Waals surface area contributed by atoms with Crippen molar-refractivity contribution in [3.05, 3.63) is 68.7 Å². The average molecular weight is 470 g/mol. The molecule has 2 rings (SSSR count). The van der Waals surface area contributed by atoms with E-state index in [4.69, 9.17) is 26.9 Å². The topological polar surface area (TPSA) is 149 Å². The first-order chi connectivity index (χ1) is 15.9. The lowest BCUT2D eigenvalue weighted by Gasteiger charge is -2.20. The highest BCUT2D eigenvalue weighted by Gasteiger charge is 2.21. The van der Waals surface area contributed by atoms with Gasteiger partial charge in [0.1, 0.15) is 0 Å². The summed E-state index contributed by atoms with van der Waals surface area (Å²) in [5.41, 5.74) is 0.576. The second kappa shape index (κ2) is 12.6. The standard InChI is InChI=1S/C22H20ClN5O5/c23-19-6-2-1-5-16(19)14-26-20-8-7-17(28(31)32)13-18(20)22(30)33-15-21(29)27(11-3-9-24)12-4-10-25/h1-2,5-8,13,26H,3-4,11-12,14-15H2. The molecule has 11 heteroatoms. The van der Waals surface area contributed by atoms with Crippen molar-refractivity contribution in [2.45, 2.75) is 19.4 Å². The molecule has 1 amide bonds. The van der Waals surface area contributed by atoms with Crippen molar-refractivity contribution in [3.8, 4) is 12.1 Å². The van der Waals surface area contributed by atoms with Gasteiger partial charge >= 0.3 is 5.97 Å². The van der Waals surface area contributed by atoms with Gasteiger partial charge < -0.3 is 15.0 Å². The molecular weight excluding hydrogens is 450 g/mol. The Balaban J connectivity index is 2.16. The third kappa shape index (κ3) is 7.49. The summed E-state index contributed by atoms with van der Waals surface area (Å²) in [6.45, 7) is -0.207. The van der Waals surface area contributed by atoms with Crippen LogP contribution in [0.15, 0.2) is 42.5 Å². The molecule has 0 aliphatic carbocycles. The Morgan fingerprint density at radius 3 is 2.39 bits per heavy atom. The number of esters is 1. The Morgan fingerprint density at radius 2 is 1.79 bits per heavy atom. The van der Waals surface area contributed by atoms with Gasteiger partial charge in [-0.3, -0.25) is 14.9 Å². The van der Waals surface area contributed by atoms with Crippen LogP contribution < -0.4 is 5.32 Å². The molecule has 0 spiro atoms. The van der Waals surface area contributed by atoms with Crippen molar-refractivity contribution in [1.29, 1.82) is 10.5 Å². The molecule has 0 atom stereocenters. The van der Waals surface area contributed by atoms with Gasteiger partial charge in [0.15, 0.2) is 6.61 Å². The van der Waals surface area contributed by atoms with Crippen molar-refractivity contribution in [2.24, 2.45) is 0 Å². The van der Waals surface area contributed by atoms with Crippen LogP contribution in [0.1, 0.15) is 28.8 Å². The molecule has 170 valence electrons. The van der Waals surface area contributed by atoms with Crippen LogP contribution in [0.25, 0.3) is 0 Å². The predicted molar refractivity (Wildman–Crippen MR) is 119 cm³/mol. The van der Waals surface area contributed by atoms with E-state index in [1.807, 2.05) is 12.1 Å². The third-order valence-corrected chi connectivity index (χ3v) is 4.90. The van der Waals surface area contributed by atoms with Gasteiger partial charge in [0.2, 0.25) is 0 Å². The first-order valence-corrected chi connectivity index (χ1v) is 10.2. The fourth-order valence-corrected chi connectivity index (χ4v) is 3.03. The third-order valence-electron chi connectivity index (χ3n) is 4.53. The number of hydrogen-bond donors (Lipinski definition) is 1. The maximum absolute atomic E-state index is 12.7. The van der Waals surface area contributed by atoms with E-state index in [0.717, 1.165) is 11.6 Å². The maximum Gasteiger partial charge on any atom is 0.341 e. The summed E-state index contributed by atoms with van der Waals surface area (Å²) in [7, 11) is 0. The van der Waals surface area contributed by atoms with E-state index in [1.54, 1.807) is 24.3 Å². The number of benzene rings is 2. The lowest BCUT2D eigenvalue weighted by atomic mass is 10.1. The van der Waals surface area contributed by atoms with E-state index in [0.29, 0.717) is 5.02 Å². The van der Waals surface area contributed by atoms with Gasteiger partial charge in [-0.25, -0.2) is 4.79 Å². The average Bonchev–Trinajstić information content (AvgIpc) is 2.81. The summed E-state index contributed by atoms with van der Waals surface area (Å²) in [5, 5.41) is 32.2. The number of carbonyl (C=O) groups excluding carboxylic acids is 2. The molecule has 0 radical (unpaired) electrons. The van der Waals surface area contributed by atoms with Gasteiger partial charge in [-0.05, 0) is 17.7 Å². The number of anilines is 1. The zero-order valence-electron chi connectivity index (χ0n) is 17.5. The maximum atomic E-state index is 12.7. The second-order valence-electron chi connectivity index (χ2n) is 6.71. The minimum Gasteiger partial charge on any atom is -0.452 e. The summed E-state index contributed by atoms with van der Waals surface area (Å²) in [6.07, 6.45) is 0.123. The molecule has 2 aromatic rings. The van der Waals surface area contributed by atoms with Crippen LogP contribution in [0, 0.1) is 32.8 Å². The first-order valence-electron chi connectivity index (χ1n) is 9.82. The van der Waals surface area contributed by atoms with Crippen molar-refractivity contribution in [1.82, 2.24) is 4.90 Å². The molecule has 0 aliphatic rings. The molecule has 0 heterocycles. The van der Waals surface area contributed by atoms with Crippen LogP contribution in [-0.4, -0.2) is 41.4 Å². The van der Waals surface area contributed by atoms with E-state index in [9.17, 15) is 19.7 Å². The van der Waals surface area contributed by atoms with Gasteiger partial charge in [-0.1, -0.05) is 29.8 Å². The van der Waals surface area contributed by atoms with Crippen molar-refractivity contribution < 1.29 is 19.2 Å². The molecule has 0 saturated carbocycles. The summed E-state index contributed by atoms with van der Waals surface area (Å²) in [5.74, 6) is -1.51. The summed E-state index contributed by atoms with van der Waals surface area (Å²) in [4.78, 5) is 36.9. The Bertz CT molecular complexity index is 1090. The summed E-state index contributed by atoms with van der Waals surface area (Å²) >= 11 is 6.14. The van der Waals surface area contributed by atoms with E-state index in [1.165, 1.54) is 17.0 Å². The van der Waals surface area contributed by atoms with Crippen molar-refractivity contribution in [2.75, 3.05) is 25.0 Å². The Hall–Kier alpha value is -4.15. The number of carbonyl (C=O) groups is 2. The van der Waals surface area contributed by atoms with Crippen LogP contribution in [0.5, 0.6) is 0 Å². The number of non-ortho nitro benzene ring substituents is 1. The van der Waals surface area contributed by atoms with Gasteiger partial charge in [-0.15, -0.1) is 0 Å². The number of nitro benzene ring substituents is 1. The van der Waals surface area contributed by atoms with Gasteiger partial charge in [-0.2, -0.15) is 10.5 Å². The molecule has 1 N–H and O–H groups in total. The van der Waals surface area contributed by atoms with Crippen LogP contribution in [0.2, 0.25) is 5.02 Å². The van der Waals surface area contributed by atoms with Gasteiger partial charge in [0.05, 0.1) is 35.5 Å². The molecule has 10 nitrogen and oxygen atoms in total. The molecular formula is C22H20ClN5O5.